The normalized spacial score (nSPS) is 12.8. The minimum absolute atomic E-state index is 0.000426. The molecule has 2 aromatic carbocycles. The summed E-state index contributed by atoms with van der Waals surface area (Å²) < 4.78 is 41.8. The molecule has 2 rings (SSSR count). The summed E-state index contributed by atoms with van der Waals surface area (Å²) >= 11 is 0. The maximum Gasteiger partial charge on any atom is 0.530 e. The predicted octanol–water partition coefficient (Wildman–Crippen LogP) is 8.88. The molecule has 0 aliphatic rings. The third kappa shape index (κ3) is 18.4. The molecular formula is C38H62NO9P. The Balaban J connectivity index is 1.92. The van der Waals surface area contributed by atoms with E-state index in [0.29, 0.717) is 17.7 Å². The highest BCUT2D eigenvalue weighted by Crippen LogP contribution is 2.51. The first-order valence-electron chi connectivity index (χ1n) is 17.8. The molecule has 0 aromatic heterocycles. The van der Waals surface area contributed by atoms with Crippen LogP contribution in [0.1, 0.15) is 110 Å². The minimum atomic E-state index is -3.98. The van der Waals surface area contributed by atoms with Crippen LogP contribution in [0.3, 0.4) is 0 Å². The number of phosphoric acid groups is 1. The molecule has 11 heteroatoms. The lowest BCUT2D eigenvalue weighted by Gasteiger charge is -2.29. The van der Waals surface area contributed by atoms with Crippen LogP contribution in [0.4, 0.5) is 4.79 Å². The van der Waals surface area contributed by atoms with Gasteiger partial charge in [-0.3, -0.25) is 9.05 Å². The van der Waals surface area contributed by atoms with Crippen molar-refractivity contribution in [2.45, 2.75) is 112 Å². The van der Waals surface area contributed by atoms with Gasteiger partial charge < -0.3 is 29.1 Å². The van der Waals surface area contributed by atoms with E-state index in [1.54, 1.807) is 12.1 Å². The molecule has 0 aliphatic heterocycles. The number of carbonyl (C=O) groups excluding carboxylic acids is 1. The van der Waals surface area contributed by atoms with E-state index in [0.717, 1.165) is 58.2 Å². The molecule has 1 amide bonds. The number of benzene rings is 2. The largest absolute Gasteiger partial charge is 0.530 e. The molecule has 0 bridgehead atoms. The third-order valence-electron chi connectivity index (χ3n) is 7.34. The van der Waals surface area contributed by atoms with Gasteiger partial charge in [-0.25, -0.2) is 9.36 Å². The lowest BCUT2D eigenvalue weighted by Crippen LogP contribution is -2.39. The van der Waals surface area contributed by atoms with Crippen molar-refractivity contribution in [1.29, 1.82) is 0 Å². The van der Waals surface area contributed by atoms with Gasteiger partial charge in [0, 0.05) is 25.3 Å². The first-order valence-corrected chi connectivity index (χ1v) is 19.3. The van der Waals surface area contributed by atoms with Crippen molar-refractivity contribution in [3.63, 3.8) is 0 Å². The fourth-order valence-electron chi connectivity index (χ4n) is 4.75. The molecule has 0 saturated heterocycles. The van der Waals surface area contributed by atoms with Gasteiger partial charge in [0.05, 0.1) is 32.5 Å². The molecule has 1 unspecified atom stereocenters. The van der Waals surface area contributed by atoms with Crippen LogP contribution in [-0.4, -0.2) is 66.3 Å². The van der Waals surface area contributed by atoms with E-state index in [1.807, 2.05) is 54.5 Å². The van der Waals surface area contributed by atoms with Crippen molar-refractivity contribution in [1.82, 2.24) is 4.90 Å². The predicted molar refractivity (Wildman–Crippen MR) is 194 cm³/mol. The molecule has 0 aliphatic carbocycles. The maximum absolute atomic E-state index is 13.4. The summed E-state index contributed by atoms with van der Waals surface area (Å²) in [5.74, 6) is 0.332. The number of aliphatic hydroxyl groups is 2. The summed E-state index contributed by atoms with van der Waals surface area (Å²) in [5, 5.41) is 21.3. The second-order valence-electron chi connectivity index (χ2n) is 14.4. The van der Waals surface area contributed by atoms with E-state index in [4.69, 9.17) is 23.0 Å². The van der Waals surface area contributed by atoms with Crippen molar-refractivity contribution in [3.05, 3.63) is 65.2 Å². The Kier molecular flexibility index (Phi) is 19.5. The fraction of sp³-hybridized carbons (Fsp3) is 0.658. The zero-order valence-electron chi connectivity index (χ0n) is 30.9. The second-order valence-corrected chi connectivity index (χ2v) is 15.9. The number of hydrogen-bond donors (Lipinski definition) is 2. The van der Waals surface area contributed by atoms with E-state index < -0.39 is 32.2 Å². The quantitative estimate of drug-likeness (QED) is 0.0813. The highest BCUT2D eigenvalue weighted by molar-refractivity contribution is 7.48. The van der Waals surface area contributed by atoms with E-state index >= 15 is 0 Å². The highest BCUT2D eigenvalue weighted by Gasteiger charge is 2.31. The molecule has 0 fully saturated rings. The smallest absolute Gasteiger partial charge is 0.444 e. The topological polar surface area (TPSA) is 124 Å². The second kappa shape index (κ2) is 22.4. The van der Waals surface area contributed by atoms with Gasteiger partial charge in [-0.15, -0.1) is 0 Å². The van der Waals surface area contributed by atoms with E-state index in [2.05, 4.69) is 24.3 Å². The Morgan fingerprint density at radius 2 is 1.47 bits per heavy atom. The number of aryl methyl sites for hydroxylation is 1. The summed E-state index contributed by atoms with van der Waals surface area (Å²) in [7, 11) is -3.98. The average Bonchev–Trinajstić information content (AvgIpc) is 3.04. The number of ether oxygens (including phenoxy) is 2. The lowest BCUT2D eigenvalue weighted by molar-refractivity contribution is 0.0140. The van der Waals surface area contributed by atoms with Gasteiger partial charge in [-0.2, -0.15) is 0 Å². The highest BCUT2D eigenvalue weighted by atomic mass is 31.2. The molecule has 0 heterocycles. The number of phosphoric ester groups is 1. The Hall–Kier alpha value is -2.46. The maximum atomic E-state index is 13.4. The van der Waals surface area contributed by atoms with Gasteiger partial charge in [-0.1, -0.05) is 76.9 Å². The number of nitrogens with zero attached hydrogens (tertiary/aromatic N) is 1. The van der Waals surface area contributed by atoms with Crippen LogP contribution in [0.25, 0.3) is 0 Å². The first kappa shape index (κ1) is 42.7. The van der Waals surface area contributed by atoms with Gasteiger partial charge in [-0.05, 0) is 88.0 Å². The van der Waals surface area contributed by atoms with Gasteiger partial charge in [0.25, 0.3) is 0 Å². The van der Waals surface area contributed by atoms with Crippen molar-refractivity contribution in [3.8, 4) is 5.75 Å². The number of hydrogen-bond acceptors (Lipinski definition) is 9. The molecule has 49 heavy (non-hydrogen) atoms. The number of unbranched alkanes of at least 4 members (excludes halogenated alkanes) is 4. The minimum Gasteiger partial charge on any atom is -0.444 e. The molecule has 1 atom stereocenters. The van der Waals surface area contributed by atoms with Gasteiger partial charge in [0.1, 0.15) is 11.4 Å². The average molecular weight is 708 g/mol. The standard InChI is InChI=1S/C38H62NO9P/c1-30(2)28-45-49(43,46-29-31(3)4)48-36-21-20-33(25-34(36)27-40)35(41)26-39(37(42)47-38(5,6)7)22-14-8-9-15-23-44-24-16-13-19-32-17-11-10-12-18-32/h10-12,17-18,20-21,25,30-31,35,40-41H,8-9,13-16,19,22-24,26-29H2,1-7H3. The molecule has 278 valence electrons. The molecular weight excluding hydrogens is 645 g/mol. The van der Waals surface area contributed by atoms with Crippen LogP contribution in [0.2, 0.25) is 0 Å². The van der Waals surface area contributed by atoms with E-state index in [1.165, 1.54) is 16.5 Å². The number of carbonyl (C=O) groups is 1. The Bertz CT molecular complexity index is 1230. The summed E-state index contributed by atoms with van der Waals surface area (Å²) in [6, 6.07) is 15.2. The lowest BCUT2D eigenvalue weighted by atomic mass is 10.0. The molecule has 2 aromatic rings. The van der Waals surface area contributed by atoms with E-state index in [9.17, 15) is 19.6 Å². The zero-order valence-corrected chi connectivity index (χ0v) is 31.8. The van der Waals surface area contributed by atoms with Crippen molar-refractivity contribution >= 4 is 13.9 Å². The number of amides is 1. The van der Waals surface area contributed by atoms with Crippen molar-refractivity contribution < 1.29 is 42.6 Å². The molecule has 10 nitrogen and oxygen atoms in total. The summed E-state index contributed by atoms with van der Waals surface area (Å²) in [4.78, 5) is 14.6. The van der Waals surface area contributed by atoms with Crippen LogP contribution >= 0.6 is 7.82 Å². The SMILES string of the molecule is CC(C)COP(=O)(OCC(C)C)Oc1ccc(C(O)CN(CCCCCCOCCCCc2ccccc2)C(=O)OC(C)(C)C)cc1CO. The van der Waals surface area contributed by atoms with Crippen LogP contribution in [-0.2, 0) is 36.1 Å². The number of aliphatic hydroxyl groups excluding tert-OH is 2. The summed E-state index contributed by atoms with van der Waals surface area (Å²) in [6.07, 6.45) is 5.23. The zero-order chi connectivity index (χ0) is 36.3. The first-order chi connectivity index (χ1) is 23.2. The Labute approximate surface area is 295 Å². The summed E-state index contributed by atoms with van der Waals surface area (Å²) in [6.45, 7) is 14.9. The third-order valence-corrected chi connectivity index (χ3v) is 8.69. The fourth-order valence-corrected chi connectivity index (χ4v) is 6.31. The monoisotopic (exact) mass is 707 g/mol. The van der Waals surface area contributed by atoms with Gasteiger partial charge in [0.2, 0.25) is 0 Å². The van der Waals surface area contributed by atoms with Crippen molar-refractivity contribution in [2.75, 3.05) is 39.5 Å². The van der Waals surface area contributed by atoms with Crippen molar-refractivity contribution in [2.24, 2.45) is 11.8 Å². The van der Waals surface area contributed by atoms with Crippen LogP contribution in [0.15, 0.2) is 48.5 Å². The Morgan fingerprint density at radius 1 is 0.857 bits per heavy atom. The summed E-state index contributed by atoms with van der Waals surface area (Å²) in [5.41, 5.74) is 1.44. The van der Waals surface area contributed by atoms with Gasteiger partial charge in [0.15, 0.2) is 0 Å². The molecule has 0 radical (unpaired) electrons. The Morgan fingerprint density at radius 3 is 2.06 bits per heavy atom. The molecule has 2 N–H and O–H groups in total. The van der Waals surface area contributed by atoms with Crippen LogP contribution in [0, 0.1) is 11.8 Å². The van der Waals surface area contributed by atoms with Gasteiger partial charge >= 0.3 is 13.9 Å². The van der Waals surface area contributed by atoms with E-state index in [-0.39, 0.29) is 37.3 Å². The molecule has 0 spiro atoms. The van der Waals surface area contributed by atoms with Crippen LogP contribution < -0.4 is 4.52 Å². The van der Waals surface area contributed by atoms with Crippen LogP contribution in [0.5, 0.6) is 5.75 Å². The number of rotatable bonds is 24. The molecule has 0 saturated carbocycles.